The fraction of sp³-hybridized carbons (Fsp3) is 0.593. The Labute approximate surface area is 241 Å². The number of carboxylic acid groups (broad SMARTS) is 1. The van der Waals surface area contributed by atoms with Crippen LogP contribution in [0, 0.1) is 5.41 Å². The van der Waals surface area contributed by atoms with E-state index < -0.39 is 41.3 Å². The number of nitrogens with zero attached hydrogens (tertiary/aromatic N) is 1. The fourth-order valence-corrected chi connectivity index (χ4v) is 8.21. The first-order valence-corrected chi connectivity index (χ1v) is 16.0. The van der Waals surface area contributed by atoms with Crippen LogP contribution in [0.25, 0.3) is 0 Å². The third kappa shape index (κ3) is 6.85. The predicted octanol–water partition coefficient (Wildman–Crippen LogP) is 1.61. The molecule has 1 aromatic carbocycles. The number of phenolic OH excluding ortho intramolecular Hbond substituents is 1. The van der Waals surface area contributed by atoms with Gasteiger partial charge in [0.25, 0.3) is 0 Å². The van der Waals surface area contributed by atoms with E-state index in [1.54, 1.807) is 24.3 Å². The number of amides is 4. The average Bonchev–Trinajstić information content (AvgIpc) is 3.58. The van der Waals surface area contributed by atoms with Gasteiger partial charge in [0, 0.05) is 37.4 Å². The Kier molecular flexibility index (Phi) is 9.88. The molecule has 0 aromatic heterocycles. The summed E-state index contributed by atoms with van der Waals surface area (Å²) in [6.45, 7) is 2.01. The van der Waals surface area contributed by atoms with Crippen molar-refractivity contribution in [1.29, 1.82) is 0 Å². The van der Waals surface area contributed by atoms with Crippen molar-refractivity contribution in [2.45, 2.75) is 69.5 Å². The Balaban J connectivity index is 1.52. The Hall–Kier alpha value is -2.93. The molecule has 4 rings (SSSR count). The van der Waals surface area contributed by atoms with E-state index in [9.17, 15) is 34.2 Å². The number of nitrogens with one attached hydrogen (secondary N) is 3. The number of benzene rings is 1. The Bertz CT molecular complexity index is 1130. The number of carboxylic acids is 1. The lowest BCUT2D eigenvalue weighted by Crippen LogP contribution is -2.55. The fourth-order valence-electron chi connectivity index (χ4n) is 5.89. The maximum absolute atomic E-state index is 13.7. The molecule has 218 valence electrons. The minimum atomic E-state index is -1.12. The molecule has 1 saturated carbocycles. The summed E-state index contributed by atoms with van der Waals surface area (Å²) >= 11 is 0. The number of carbonyl (C=O) groups excluding carboxylic acids is 4. The third-order valence-electron chi connectivity index (χ3n) is 8.13. The first-order chi connectivity index (χ1) is 19.1. The van der Waals surface area contributed by atoms with Crippen LogP contribution in [0.2, 0.25) is 0 Å². The highest BCUT2D eigenvalue weighted by Crippen LogP contribution is 2.41. The van der Waals surface area contributed by atoms with E-state index in [1.807, 2.05) is 0 Å². The standard InChI is InChI=1S/C27H36N4O7S2/c1-16(32)31-13-8-19(17-4-6-18(33)7-5-17)22(31)24(35)29-20-14-39-40-15-21(25(36)37)30-26(38)27(9-2-3-10-27)11-12-28-23(20)34/h4-7,19-22,33H,2-3,8-15H2,1H3,(H,28,34)(H,29,35)(H,30,38)(H,36,37)/t19-,20-,21-,22+/m0/s1. The lowest BCUT2D eigenvalue weighted by atomic mass is 9.81. The van der Waals surface area contributed by atoms with Gasteiger partial charge in [-0.2, -0.15) is 0 Å². The molecule has 13 heteroatoms. The number of carbonyl (C=O) groups is 5. The second-order valence-corrected chi connectivity index (χ2v) is 13.2. The normalized spacial score (nSPS) is 27.6. The van der Waals surface area contributed by atoms with Gasteiger partial charge in [-0.25, -0.2) is 4.79 Å². The first-order valence-electron chi connectivity index (χ1n) is 13.5. The lowest BCUT2D eigenvalue weighted by Gasteiger charge is -2.30. The van der Waals surface area contributed by atoms with Crippen molar-refractivity contribution in [2.75, 3.05) is 24.6 Å². The van der Waals surface area contributed by atoms with E-state index in [4.69, 9.17) is 0 Å². The number of aromatic hydroxyl groups is 1. The number of phenols is 1. The van der Waals surface area contributed by atoms with E-state index in [0.29, 0.717) is 32.2 Å². The van der Waals surface area contributed by atoms with Crippen LogP contribution in [-0.2, 0) is 24.0 Å². The molecule has 1 aliphatic carbocycles. The van der Waals surface area contributed by atoms with Crippen LogP contribution in [0.5, 0.6) is 5.75 Å². The maximum atomic E-state index is 13.7. The van der Waals surface area contributed by atoms with Crippen LogP contribution in [-0.4, -0.2) is 87.4 Å². The summed E-state index contributed by atoms with van der Waals surface area (Å²) < 4.78 is 0. The summed E-state index contributed by atoms with van der Waals surface area (Å²) in [7, 11) is 2.46. The number of aliphatic carboxylic acids is 1. The van der Waals surface area contributed by atoms with E-state index >= 15 is 0 Å². The molecule has 4 amide bonds. The molecule has 3 aliphatic rings. The van der Waals surface area contributed by atoms with Crippen LogP contribution in [0.3, 0.4) is 0 Å². The minimum Gasteiger partial charge on any atom is -0.508 e. The molecule has 5 N–H and O–H groups in total. The zero-order chi connectivity index (χ0) is 28.9. The molecule has 0 radical (unpaired) electrons. The SMILES string of the molecule is CC(=O)N1CC[C@@H](c2ccc(O)cc2)[C@@H]1C(=O)N[C@H]1CSSC[C@@H](C(=O)O)NC(=O)C2(CCCC2)CCNC1=O. The highest BCUT2D eigenvalue weighted by atomic mass is 33.1. The van der Waals surface area contributed by atoms with Crippen LogP contribution in [0.1, 0.15) is 56.9 Å². The van der Waals surface area contributed by atoms with E-state index in [1.165, 1.54) is 33.4 Å². The van der Waals surface area contributed by atoms with Gasteiger partial charge >= 0.3 is 5.97 Å². The molecule has 4 atom stereocenters. The second kappa shape index (κ2) is 13.2. The van der Waals surface area contributed by atoms with E-state index in [2.05, 4.69) is 16.0 Å². The lowest BCUT2D eigenvalue weighted by molar-refractivity contribution is -0.143. The van der Waals surface area contributed by atoms with Crippen LogP contribution >= 0.6 is 21.6 Å². The van der Waals surface area contributed by atoms with Gasteiger partial charge in [0.05, 0.1) is 5.41 Å². The van der Waals surface area contributed by atoms with Gasteiger partial charge in [0.15, 0.2) is 0 Å². The van der Waals surface area contributed by atoms with Crippen molar-refractivity contribution in [3.8, 4) is 5.75 Å². The van der Waals surface area contributed by atoms with Crippen molar-refractivity contribution in [2.24, 2.45) is 5.41 Å². The van der Waals surface area contributed by atoms with Gasteiger partial charge in [0.1, 0.15) is 23.9 Å². The number of hydrogen-bond acceptors (Lipinski definition) is 8. The molecule has 2 saturated heterocycles. The van der Waals surface area contributed by atoms with Crippen molar-refractivity contribution in [1.82, 2.24) is 20.9 Å². The Morgan fingerprint density at radius 3 is 2.38 bits per heavy atom. The second-order valence-electron chi connectivity index (χ2n) is 10.7. The molecule has 11 nitrogen and oxygen atoms in total. The minimum absolute atomic E-state index is 0.0998. The molecule has 0 unspecified atom stereocenters. The van der Waals surface area contributed by atoms with Crippen molar-refractivity contribution in [3.63, 3.8) is 0 Å². The van der Waals surface area contributed by atoms with Crippen LogP contribution in [0.4, 0.5) is 0 Å². The Morgan fingerprint density at radius 1 is 1.05 bits per heavy atom. The van der Waals surface area contributed by atoms with E-state index in [0.717, 1.165) is 18.4 Å². The van der Waals surface area contributed by atoms with Crippen LogP contribution in [0.15, 0.2) is 24.3 Å². The summed E-state index contributed by atoms with van der Waals surface area (Å²) in [5.74, 6) is -2.42. The van der Waals surface area contributed by atoms with Crippen molar-refractivity contribution in [3.05, 3.63) is 29.8 Å². The van der Waals surface area contributed by atoms with E-state index in [-0.39, 0.29) is 41.5 Å². The smallest absolute Gasteiger partial charge is 0.327 e. The molecule has 40 heavy (non-hydrogen) atoms. The summed E-state index contributed by atoms with van der Waals surface area (Å²) in [5, 5.41) is 27.8. The highest BCUT2D eigenvalue weighted by molar-refractivity contribution is 8.76. The first kappa shape index (κ1) is 30.0. The van der Waals surface area contributed by atoms with Gasteiger partial charge in [-0.15, -0.1) is 0 Å². The molecule has 3 fully saturated rings. The molecular formula is C27H36N4O7S2. The highest BCUT2D eigenvalue weighted by Gasteiger charge is 2.44. The largest absolute Gasteiger partial charge is 0.508 e. The number of likely N-dealkylation sites (tertiary alicyclic amines) is 1. The maximum Gasteiger partial charge on any atom is 0.327 e. The third-order valence-corrected chi connectivity index (χ3v) is 10.5. The zero-order valence-electron chi connectivity index (χ0n) is 22.4. The average molecular weight is 593 g/mol. The van der Waals surface area contributed by atoms with Gasteiger partial charge in [-0.3, -0.25) is 19.2 Å². The molecular weight excluding hydrogens is 556 g/mol. The molecule has 1 aromatic rings. The predicted molar refractivity (Wildman–Crippen MR) is 152 cm³/mol. The summed E-state index contributed by atoms with van der Waals surface area (Å²) in [6, 6.07) is 3.74. The summed E-state index contributed by atoms with van der Waals surface area (Å²) in [5.41, 5.74) is 0.0826. The van der Waals surface area contributed by atoms with Crippen LogP contribution < -0.4 is 16.0 Å². The molecule has 2 aliphatic heterocycles. The van der Waals surface area contributed by atoms with Crippen molar-refractivity contribution < 1.29 is 34.2 Å². The molecule has 2 heterocycles. The number of hydrogen-bond donors (Lipinski definition) is 5. The van der Waals surface area contributed by atoms with Gasteiger partial charge in [0.2, 0.25) is 23.6 Å². The Morgan fingerprint density at radius 2 is 1.73 bits per heavy atom. The molecule has 0 bridgehead atoms. The van der Waals surface area contributed by atoms with Crippen molar-refractivity contribution >= 4 is 51.2 Å². The summed E-state index contributed by atoms with van der Waals surface area (Å²) in [6.07, 6.45) is 3.91. The quantitative estimate of drug-likeness (QED) is 0.327. The topological polar surface area (TPSA) is 165 Å². The molecule has 1 spiro atoms. The van der Waals surface area contributed by atoms with Gasteiger partial charge < -0.3 is 31.1 Å². The number of rotatable bonds is 4. The zero-order valence-corrected chi connectivity index (χ0v) is 24.0. The monoisotopic (exact) mass is 592 g/mol. The van der Waals surface area contributed by atoms with Gasteiger partial charge in [-0.1, -0.05) is 46.6 Å². The van der Waals surface area contributed by atoms with Gasteiger partial charge in [-0.05, 0) is 43.4 Å². The summed E-state index contributed by atoms with van der Waals surface area (Å²) in [4.78, 5) is 65.8.